The molecule has 1 aromatic rings. The van der Waals surface area contributed by atoms with E-state index >= 15 is 0 Å². The van der Waals surface area contributed by atoms with Crippen LogP contribution in [-0.4, -0.2) is 22.2 Å². The molecule has 1 amide bonds. The van der Waals surface area contributed by atoms with Crippen molar-refractivity contribution < 1.29 is 4.79 Å². The second-order valence-corrected chi connectivity index (χ2v) is 8.25. The number of aromatic nitrogens is 2. The van der Waals surface area contributed by atoms with Gasteiger partial charge in [0.25, 0.3) is 0 Å². The first-order valence-electron chi connectivity index (χ1n) is 8.66. The molecule has 5 nitrogen and oxygen atoms in total. The van der Waals surface area contributed by atoms with Crippen LogP contribution in [0.5, 0.6) is 0 Å². The van der Waals surface area contributed by atoms with Crippen molar-refractivity contribution >= 4 is 11.7 Å². The zero-order chi connectivity index (χ0) is 17.7. The molecule has 1 heterocycles. The average Bonchev–Trinajstić information content (AvgIpc) is 2.82. The third kappa shape index (κ3) is 6.34. The van der Waals surface area contributed by atoms with E-state index in [2.05, 4.69) is 46.9 Å². The summed E-state index contributed by atoms with van der Waals surface area (Å²) >= 11 is 0. The second kappa shape index (κ2) is 7.95. The van der Waals surface area contributed by atoms with Gasteiger partial charge in [0.1, 0.15) is 5.82 Å². The molecule has 23 heavy (non-hydrogen) atoms. The number of anilines is 1. The minimum absolute atomic E-state index is 0.0435. The molecule has 132 valence electrons. The van der Waals surface area contributed by atoms with Crippen LogP contribution in [0.1, 0.15) is 79.3 Å². The lowest BCUT2D eigenvalue weighted by Gasteiger charge is -2.23. The second-order valence-electron chi connectivity index (χ2n) is 8.25. The maximum atomic E-state index is 12.2. The van der Waals surface area contributed by atoms with Crippen molar-refractivity contribution in [2.75, 3.05) is 11.9 Å². The highest BCUT2D eigenvalue weighted by Gasteiger charge is 2.25. The van der Waals surface area contributed by atoms with Crippen LogP contribution in [0.2, 0.25) is 0 Å². The lowest BCUT2D eigenvalue weighted by Crippen LogP contribution is -2.27. The topological polar surface area (TPSA) is 72.9 Å². The molecule has 0 unspecified atom stereocenters. The zero-order valence-electron chi connectivity index (χ0n) is 15.7. The van der Waals surface area contributed by atoms with Gasteiger partial charge in [0.05, 0.1) is 11.2 Å². The van der Waals surface area contributed by atoms with E-state index in [1.165, 1.54) is 0 Å². The van der Waals surface area contributed by atoms with Gasteiger partial charge in [-0.3, -0.25) is 4.79 Å². The third-order valence-corrected chi connectivity index (χ3v) is 3.74. The maximum absolute atomic E-state index is 12.2. The normalized spacial score (nSPS) is 12.5. The SMILES string of the molecule is CC(C)(C)c1cc(NC(=O)CCCCCCN)n(C(C)(C)C)n1. The Hall–Kier alpha value is -1.36. The van der Waals surface area contributed by atoms with Crippen molar-refractivity contribution in [3.05, 3.63) is 11.8 Å². The van der Waals surface area contributed by atoms with Crippen LogP contribution >= 0.6 is 0 Å². The van der Waals surface area contributed by atoms with Gasteiger partial charge in [-0.05, 0) is 40.2 Å². The number of unbranched alkanes of at least 4 members (excludes halogenated alkanes) is 3. The van der Waals surface area contributed by atoms with Gasteiger partial charge < -0.3 is 11.1 Å². The molecule has 0 saturated heterocycles. The maximum Gasteiger partial charge on any atom is 0.225 e. The molecular formula is C18H34N4O. The van der Waals surface area contributed by atoms with Crippen molar-refractivity contribution in [1.82, 2.24) is 9.78 Å². The van der Waals surface area contributed by atoms with Crippen LogP contribution in [0.15, 0.2) is 6.07 Å². The molecule has 3 N–H and O–H groups in total. The molecule has 0 aliphatic carbocycles. The molecule has 1 aromatic heterocycles. The van der Waals surface area contributed by atoms with Gasteiger partial charge in [-0.2, -0.15) is 5.10 Å². The summed E-state index contributed by atoms with van der Waals surface area (Å²) in [5.74, 6) is 0.845. The lowest BCUT2D eigenvalue weighted by atomic mass is 9.92. The van der Waals surface area contributed by atoms with Gasteiger partial charge in [-0.25, -0.2) is 4.68 Å². The predicted octanol–water partition coefficient (Wildman–Crippen LogP) is 3.78. The number of amides is 1. The number of carbonyl (C=O) groups excluding carboxylic acids is 1. The number of rotatable bonds is 7. The van der Waals surface area contributed by atoms with Gasteiger partial charge in [0, 0.05) is 17.9 Å². The summed E-state index contributed by atoms with van der Waals surface area (Å²) in [6.07, 6.45) is 4.63. The number of hydrogen-bond acceptors (Lipinski definition) is 3. The van der Waals surface area contributed by atoms with E-state index < -0.39 is 0 Å². The van der Waals surface area contributed by atoms with Crippen LogP contribution in [0.25, 0.3) is 0 Å². The minimum Gasteiger partial charge on any atom is -0.330 e. The van der Waals surface area contributed by atoms with Gasteiger partial charge >= 0.3 is 0 Å². The Morgan fingerprint density at radius 2 is 1.74 bits per heavy atom. The minimum atomic E-state index is -0.173. The van der Waals surface area contributed by atoms with Gasteiger partial charge in [-0.15, -0.1) is 0 Å². The Bertz CT molecular complexity index is 506. The summed E-state index contributed by atoms with van der Waals surface area (Å²) < 4.78 is 1.92. The largest absolute Gasteiger partial charge is 0.330 e. The van der Waals surface area contributed by atoms with Crippen molar-refractivity contribution in [1.29, 1.82) is 0 Å². The molecule has 0 bridgehead atoms. The Kier molecular flexibility index (Phi) is 6.81. The molecular weight excluding hydrogens is 288 g/mol. The highest BCUT2D eigenvalue weighted by molar-refractivity contribution is 5.89. The van der Waals surface area contributed by atoms with Crippen LogP contribution < -0.4 is 11.1 Å². The van der Waals surface area contributed by atoms with Crippen molar-refractivity contribution in [3.8, 4) is 0 Å². The van der Waals surface area contributed by atoms with E-state index in [0.29, 0.717) is 6.42 Å². The lowest BCUT2D eigenvalue weighted by molar-refractivity contribution is -0.116. The summed E-state index contributed by atoms with van der Waals surface area (Å²) in [6, 6.07) is 2.00. The molecule has 5 heteroatoms. The summed E-state index contributed by atoms with van der Waals surface area (Å²) in [5, 5.41) is 7.75. The first kappa shape index (κ1) is 19.7. The Labute approximate surface area is 141 Å². The highest BCUT2D eigenvalue weighted by atomic mass is 16.1. The summed E-state index contributed by atoms with van der Waals surface area (Å²) in [7, 11) is 0. The van der Waals surface area contributed by atoms with E-state index in [0.717, 1.165) is 43.7 Å². The molecule has 0 radical (unpaired) electrons. The monoisotopic (exact) mass is 322 g/mol. The van der Waals surface area contributed by atoms with Crippen LogP contribution in [-0.2, 0) is 15.7 Å². The standard InChI is InChI=1S/C18H34N4O/c1-17(2,3)14-13-15(22(21-14)18(4,5)6)20-16(23)11-9-7-8-10-12-19/h13H,7-12,19H2,1-6H3,(H,20,23). The van der Waals surface area contributed by atoms with E-state index in [1.54, 1.807) is 0 Å². The molecule has 0 aliphatic heterocycles. The number of nitrogens with zero attached hydrogens (tertiary/aromatic N) is 2. The van der Waals surface area contributed by atoms with Gasteiger partial charge in [-0.1, -0.05) is 33.6 Å². The van der Waals surface area contributed by atoms with Crippen molar-refractivity contribution in [3.63, 3.8) is 0 Å². The fourth-order valence-corrected chi connectivity index (χ4v) is 2.34. The van der Waals surface area contributed by atoms with E-state index in [1.807, 2.05) is 10.7 Å². The van der Waals surface area contributed by atoms with Crippen molar-refractivity contribution in [2.24, 2.45) is 5.73 Å². The summed E-state index contributed by atoms with van der Waals surface area (Å²) in [4.78, 5) is 12.2. The Morgan fingerprint density at radius 3 is 2.26 bits per heavy atom. The Balaban J connectivity index is 2.75. The first-order chi connectivity index (χ1) is 10.6. The number of carbonyl (C=O) groups is 1. The average molecular weight is 322 g/mol. The quantitative estimate of drug-likeness (QED) is 0.750. The van der Waals surface area contributed by atoms with Crippen LogP contribution in [0.3, 0.4) is 0 Å². The third-order valence-electron chi connectivity index (χ3n) is 3.74. The fraction of sp³-hybridized carbons (Fsp3) is 0.778. The summed E-state index contributed by atoms with van der Waals surface area (Å²) in [5.41, 5.74) is 6.25. The number of nitrogens with two attached hydrogens (primary N) is 1. The molecule has 0 spiro atoms. The van der Waals surface area contributed by atoms with E-state index in [4.69, 9.17) is 10.8 Å². The van der Waals surface area contributed by atoms with Crippen LogP contribution in [0, 0.1) is 0 Å². The fourth-order valence-electron chi connectivity index (χ4n) is 2.34. The molecule has 0 aliphatic rings. The van der Waals surface area contributed by atoms with E-state index in [-0.39, 0.29) is 16.9 Å². The molecule has 0 saturated carbocycles. The molecule has 1 rings (SSSR count). The predicted molar refractivity (Wildman–Crippen MR) is 96.7 cm³/mol. The molecule has 0 atom stereocenters. The smallest absolute Gasteiger partial charge is 0.225 e. The number of nitrogens with one attached hydrogen (secondary N) is 1. The molecule has 0 fully saturated rings. The van der Waals surface area contributed by atoms with Crippen molar-refractivity contribution in [2.45, 2.75) is 84.6 Å². The molecule has 0 aromatic carbocycles. The highest BCUT2D eigenvalue weighted by Crippen LogP contribution is 2.28. The first-order valence-corrected chi connectivity index (χ1v) is 8.66. The van der Waals surface area contributed by atoms with Crippen LogP contribution in [0.4, 0.5) is 5.82 Å². The number of hydrogen-bond donors (Lipinski definition) is 2. The Morgan fingerprint density at radius 1 is 1.13 bits per heavy atom. The van der Waals surface area contributed by atoms with Gasteiger partial charge in [0.15, 0.2) is 0 Å². The van der Waals surface area contributed by atoms with Gasteiger partial charge in [0.2, 0.25) is 5.91 Å². The summed E-state index contributed by atoms with van der Waals surface area (Å²) in [6.45, 7) is 13.4. The zero-order valence-corrected chi connectivity index (χ0v) is 15.7. The van der Waals surface area contributed by atoms with E-state index in [9.17, 15) is 4.79 Å².